The van der Waals surface area contributed by atoms with Crippen molar-refractivity contribution in [3.8, 4) is 56.5 Å². The summed E-state index contributed by atoms with van der Waals surface area (Å²) in [5.41, 5.74) is 10.8. The maximum absolute atomic E-state index is 13.0. The van der Waals surface area contributed by atoms with E-state index in [4.69, 9.17) is 4.98 Å². The van der Waals surface area contributed by atoms with Crippen LogP contribution in [0.15, 0.2) is 207 Å². The summed E-state index contributed by atoms with van der Waals surface area (Å²) in [5.74, 6) is 2.86. The molecule has 0 saturated carbocycles. The van der Waals surface area contributed by atoms with E-state index in [1.54, 1.807) is 24.8 Å². The Bertz CT molecular complexity index is 3600. The second-order valence-corrected chi connectivity index (χ2v) is 17.6. The summed E-state index contributed by atoms with van der Waals surface area (Å²) in [7, 11) is 0. The van der Waals surface area contributed by atoms with E-state index in [9.17, 15) is 4.39 Å². The Kier molecular flexibility index (Phi) is 33.1. The van der Waals surface area contributed by atoms with Crippen molar-refractivity contribution in [1.29, 1.82) is 0 Å². The van der Waals surface area contributed by atoms with Crippen molar-refractivity contribution in [3.63, 3.8) is 0 Å². The van der Waals surface area contributed by atoms with E-state index in [-0.39, 0.29) is 106 Å². The topological polar surface area (TPSA) is 116 Å². The molecule has 0 saturated heterocycles. The molecule has 0 N–H and O–H groups in total. The number of rotatable bonds is 10. The number of fused-ring (bicyclic) bond motifs is 2. The van der Waals surface area contributed by atoms with Crippen molar-refractivity contribution in [3.05, 3.63) is 272 Å². The summed E-state index contributed by atoms with van der Waals surface area (Å²) in [4.78, 5) is 39.1. The number of hydrogen-bond acceptors (Lipinski definition) is 9. The van der Waals surface area contributed by atoms with Crippen molar-refractivity contribution >= 4 is 21.5 Å². The molecule has 5 heterocycles. The Labute approximate surface area is 561 Å². The van der Waals surface area contributed by atoms with Crippen LogP contribution in [0, 0.1) is 36.1 Å². The van der Waals surface area contributed by atoms with Gasteiger partial charge in [0.15, 0.2) is 0 Å². The molecule has 5 aromatic heterocycles. The summed E-state index contributed by atoms with van der Waals surface area (Å²) < 4.78 is 13.0. The standard InChI is InChI=1S/C17H13FN.C17H14N.2C12H11N2.C11H10N3.5Ir/c1-2-15-11-13-5-3-4-6-16(13)17(19-15)12-7-9-14(18)10-8-12;1-2-15-12-14-10-6-7-11-16(14)17(18-15)13-8-4-3-5-9-13;1-2-12-13-9-8-11(14-12)10-6-4-3-5-7-10;1-2-11-8-9-13-12(14-11)10-6-4-3-5-7-10;1-2-10-12-8-13-11(14-10)9-6-4-3-5-7-9;;;;;/h3-7,9-11H,2H2,1H3;3-8,10-12H,2H2,1H3;2*3-6,8-9H,2H2,1H3;3-6,8H,2H2,1H3;;;;;/q5*-1;;;;;. The van der Waals surface area contributed by atoms with Gasteiger partial charge in [-0.3, -0.25) is 29.3 Å². The minimum Gasteiger partial charge on any atom is -0.301 e. The first kappa shape index (κ1) is 72.0. The van der Waals surface area contributed by atoms with Gasteiger partial charge >= 0.3 is 0 Å². The zero-order chi connectivity index (χ0) is 55.0. The average molecular weight is 1990 g/mol. The molecule has 0 atom stereocenters. The fourth-order valence-electron chi connectivity index (χ4n) is 8.06. The SMILES string of the molecule is CCc1cc2ccccc2c(-c2[c-]cc(F)cc2)n1.CCc1cc2ccccc2c(-c2[c-]cccc2)n1.CCc1ccnc(-c2[c-]cccc2)n1.CCc1nccc(-c2[c-]cccc2)n1.CCc1ncnc(-c2[c-]cccc2)n1.[Ir].[Ir].[Ir].[Ir].[Ir]. The Hall–Kier alpha value is -6.29. The Balaban J connectivity index is 0.000000273. The van der Waals surface area contributed by atoms with Gasteiger partial charge in [0, 0.05) is 149 Å². The Morgan fingerprint density at radius 2 is 0.810 bits per heavy atom. The molecule has 84 heavy (non-hydrogen) atoms. The molecule has 0 amide bonds. The first-order chi connectivity index (χ1) is 38.9. The van der Waals surface area contributed by atoms with E-state index in [0.717, 1.165) is 122 Å². The molecular weight excluding hydrogens is 1930 g/mol. The van der Waals surface area contributed by atoms with Crippen LogP contribution < -0.4 is 0 Å². The van der Waals surface area contributed by atoms with Crippen LogP contribution in [0.4, 0.5) is 4.39 Å². The van der Waals surface area contributed by atoms with E-state index in [2.05, 4.69) is 140 Å². The molecule has 5 radical (unpaired) electrons. The fraction of sp³-hybridized carbons (Fsp3) is 0.145. The third-order valence-corrected chi connectivity index (χ3v) is 12.2. The molecule has 0 spiro atoms. The monoisotopic (exact) mass is 2000 g/mol. The largest absolute Gasteiger partial charge is 0.301 e. The van der Waals surface area contributed by atoms with Crippen LogP contribution in [-0.2, 0) is 133 Å². The van der Waals surface area contributed by atoms with Crippen LogP contribution in [-0.4, -0.2) is 44.9 Å². The van der Waals surface area contributed by atoms with E-state index >= 15 is 0 Å². The van der Waals surface area contributed by atoms with Crippen LogP contribution in [0.3, 0.4) is 0 Å². The number of pyridine rings is 2. The van der Waals surface area contributed by atoms with Crippen LogP contribution in [0.5, 0.6) is 0 Å². The zero-order valence-corrected chi connectivity index (χ0v) is 58.7. The van der Waals surface area contributed by atoms with E-state index in [0.29, 0.717) is 5.82 Å². The summed E-state index contributed by atoms with van der Waals surface area (Å²) >= 11 is 0. The second kappa shape index (κ2) is 38.6. The Morgan fingerprint density at radius 3 is 1.29 bits per heavy atom. The van der Waals surface area contributed by atoms with Crippen molar-refractivity contribution in [2.24, 2.45) is 0 Å². The normalized spacial score (nSPS) is 9.79. The molecule has 0 aliphatic carbocycles. The first-order valence-corrected chi connectivity index (χ1v) is 26.5. The van der Waals surface area contributed by atoms with E-state index in [1.807, 2.05) is 135 Å². The third kappa shape index (κ3) is 21.0. The summed E-state index contributed by atoms with van der Waals surface area (Å²) in [6.07, 6.45) is 9.57. The average Bonchev–Trinajstić information content (AvgIpc) is 3.72. The Morgan fingerprint density at radius 1 is 0.357 bits per heavy atom. The maximum atomic E-state index is 13.0. The molecule has 12 rings (SSSR count). The smallest absolute Gasteiger partial charge is 0.122 e. The number of aromatic nitrogens is 9. The molecule has 15 heteroatoms. The second-order valence-electron chi connectivity index (χ2n) is 17.6. The predicted octanol–water partition coefficient (Wildman–Crippen LogP) is 15.6. The van der Waals surface area contributed by atoms with Gasteiger partial charge in [-0.15, -0.1) is 173 Å². The van der Waals surface area contributed by atoms with Crippen molar-refractivity contribution in [2.75, 3.05) is 0 Å². The zero-order valence-electron chi connectivity index (χ0n) is 46.7. The number of hydrogen-bond donors (Lipinski definition) is 0. The van der Waals surface area contributed by atoms with E-state index in [1.165, 1.54) is 22.9 Å². The van der Waals surface area contributed by atoms with Gasteiger partial charge in [-0.05, 0) is 76.1 Å². The minimum absolute atomic E-state index is 0. The summed E-state index contributed by atoms with van der Waals surface area (Å²) in [6, 6.07) is 75.9. The third-order valence-electron chi connectivity index (χ3n) is 12.2. The van der Waals surface area contributed by atoms with Gasteiger partial charge in [0.25, 0.3) is 0 Å². The van der Waals surface area contributed by atoms with E-state index < -0.39 is 0 Å². The van der Waals surface area contributed by atoms with Gasteiger partial charge in [0.1, 0.15) is 18.0 Å². The van der Waals surface area contributed by atoms with Gasteiger partial charge in [-0.25, -0.2) is 9.97 Å². The number of aryl methyl sites for hydroxylation is 5. The predicted molar refractivity (Wildman–Crippen MR) is 316 cm³/mol. The number of halogens is 1. The van der Waals surface area contributed by atoms with Gasteiger partial charge in [-0.1, -0.05) is 89.2 Å². The van der Waals surface area contributed by atoms with Crippen LogP contribution >= 0.6 is 0 Å². The van der Waals surface area contributed by atoms with Gasteiger partial charge in [-0.2, -0.15) is 0 Å². The molecule has 0 unspecified atom stereocenters. The van der Waals surface area contributed by atoms with Crippen LogP contribution in [0.1, 0.15) is 63.3 Å². The van der Waals surface area contributed by atoms with Crippen molar-refractivity contribution < 1.29 is 105 Å². The first-order valence-electron chi connectivity index (χ1n) is 26.5. The number of benzene rings is 7. The quantitative estimate of drug-likeness (QED) is 0.123. The van der Waals surface area contributed by atoms with Crippen LogP contribution in [0.25, 0.3) is 78.1 Å². The molecule has 0 aliphatic heterocycles. The molecule has 0 aliphatic rings. The molecule has 437 valence electrons. The molecule has 0 bridgehead atoms. The van der Waals surface area contributed by atoms with Crippen LogP contribution in [0.2, 0.25) is 0 Å². The molecule has 0 fully saturated rings. The molecule has 12 aromatic rings. The molecule has 9 nitrogen and oxygen atoms in total. The van der Waals surface area contributed by atoms with Gasteiger partial charge < -0.3 is 9.97 Å². The molecule has 7 aromatic carbocycles. The van der Waals surface area contributed by atoms with Gasteiger partial charge in [0.05, 0.1) is 11.6 Å². The van der Waals surface area contributed by atoms with Crippen molar-refractivity contribution in [1.82, 2.24) is 44.9 Å². The van der Waals surface area contributed by atoms with Gasteiger partial charge in [0.2, 0.25) is 0 Å². The maximum Gasteiger partial charge on any atom is 0.122 e. The summed E-state index contributed by atoms with van der Waals surface area (Å²) in [5, 5.41) is 4.67. The summed E-state index contributed by atoms with van der Waals surface area (Å²) in [6.45, 7) is 10.4. The minimum atomic E-state index is -0.278. The number of nitrogens with zero attached hydrogens (tertiary/aromatic N) is 9. The fourth-order valence-corrected chi connectivity index (χ4v) is 8.06. The molecular formula is C69H59FIr5N9-5. The van der Waals surface area contributed by atoms with Crippen molar-refractivity contribution in [2.45, 2.75) is 66.7 Å².